The van der Waals surface area contributed by atoms with E-state index in [0.717, 1.165) is 44.0 Å². The number of hydrogen-bond donors (Lipinski definition) is 1. The Morgan fingerprint density at radius 3 is 2.56 bits per heavy atom. The van der Waals surface area contributed by atoms with Crippen LogP contribution in [0.2, 0.25) is 0 Å². The molecule has 1 fully saturated rings. The summed E-state index contributed by atoms with van der Waals surface area (Å²) in [7, 11) is 1.16. The van der Waals surface area contributed by atoms with Crippen LogP contribution in [-0.2, 0) is 16.6 Å². The summed E-state index contributed by atoms with van der Waals surface area (Å²) in [6, 6.07) is 11.6. The highest BCUT2D eigenvalue weighted by Gasteiger charge is 2.22. The van der Waals surface area contributed by atoms with Gasteiger partial charge in [-0.25, -0.2) is 12.7 Å². The van der Waals surface area contributed by atoms with Crippen LogP contribution in [0.1, 0.15) is 32.3 Å². The second kappa shape index (κ2) is 11.1. The lowest BCUT2D eigenvalue weighted by atomic mass is 10.0. The molecule has 2 heterocycles. The first kappa shape index (κ1) is 26.2. The number of methoxy groups -OCH3 is 1. The van der Waals surface area contributed by atoms with Crippen molar-refractivity contribution < 1.29 is 22.3 Å². The van der Waals surface area contributed by atoms with Crippen molar-refractivity contribution in [1.82, 2.24) is 14.2 Å². The molecule has 2 aromatic carbocycles. The van der Waals surface area contributed by atoms with Crippen molar-refractivity contribution in [3.8, 4) is 11.5 Å². The molecular weight excluding hydrogens is 480 g/mol. The standard InChI is InChI=1S/C26H36N4O5S/c1-18(2)17-34-25-14-19(6-8-24(25)33-5)16-30-12-10-20(11-13-30)27-26-28-22-15-21(7-9-23(22)35-26)36(31,32)29(3)4/h6-9,14-15,18,20H,10-13,16-17H2,1-5H3,(H,27,28). The average Bonchev–Trinajstić information content (AvgIpc) is 3.25. The number of aromatic nitrogens is 1. The van der Waals surface area contributed by atoms with E-state index in [1.165, 1.54) is 24.0 Å². The molecule has 0 amide bonds. The Kier molecular flexibility index (Phi) is 8.07. The van der Waals surface area contributed by atoms with Crippen molar-refractivity contribution in [3.05, 3.63) is 42.0 Å². The molecule has 1 saturated heterocycles. The maximum absolute atomic E-state index is 12.4. The first-order valence-electron chi connectivity index (χ1n) is 12.3. The van der Waals surface area contributed by atoms with Gasteiger partial charge < -0.3 is 19.2 Å². The Morgan fingerprint density at radius 2 is 1.89 bits per heavy atom. The first-order valence-corrected chi connectivity index (χ1v) is 13.7. The Balaban J connectivity index is 1.34. The summed E-state index contributed by atoms with van der Waals surface area (Å²) in [5.74, 6) is 1.99. The van der Waals surface area contributed by atoms with E-state index < -0.39 is 10.0 Å². The van der Waals surface area contributed by atoms with E-state index in [2.05, 4.69) is 41.2 Å². The third kappa shape index (κ3) is 6.11. The van der Waals surface area contributed by atoms with Gasteiger partial charge >= 0.3 is 0 Å². The minimum atomic E-state index is -3.52. The molecule has 0 unspecified atom stereocenters. The SMILES string of the molecule is COc1ccc(CN2CCC(Nc3nc4cc(S(=O)(=O)N(C)C)ccc4o3)CC2)cc1OCC(C)C. The minimum absolute atomic E-state index is 0.199. The highest BCUT2D eigenvalue weighted by molar-refractivity contribution is 7.89. The molecule has 1 aliphatic heterocycles. The molecule has 36 heavy (non-hydrogen) atoms. The summed E-state index contributed by atoms with van der Waals surface area (Å²) in [5, 5.41) is 3.39. The number of nitrogens with one attached hydrogen (secondary N) is 1. The second-order valence-corrected chi connectivity index (χ2v) is 12.0. The number of anilines is 1. The third-order valence-electron chi connectivity index (χ3n) is 6.26. The summed E-state index contributed by atoms with van der Waals surface area (Å²) in [4.78, 5) is 7.11. The molecule has 1 aromatic heterocycles. The summed E-state index contributed by atoms with van der Waals surface area (Å²) >= 11 is 0. The van der Waals surface area contributed by atoms with Gasteiger partial charge in [0.1, 0.15) is 5.52 Å². The van der Waals surface area contributed by atoms with Crippen LogP contribution in [-0.4, -0.2) is 69.6 Å². The van der Waals surface area contributed by atoms with Gasteiger partial charge in [-0.15, -0.1) is 0 Å². The van der Waals surface area contributed by atoms with Crippen LogP contribution in [0, 0.1) is 5.92 Å². The molecule has 10 heteroatoms. The summed E-state index contributed by atoms with van der Waals surface area (Å²) in [6.45, 7) is 7.64. The van der Waals surface area contributed by atoms with Crippen LogP contribution in [0.25, 0.3) is 11.1 Å². The van der Waals surface area contributed by atoms with Crippen LogP contribution in [0.5, 0.6) is 11.5 Å². The average molecular weight is 517 g/mol. The Hall–Kier alpha value is -2.82. The van der Waals surface area contributed by atoms with E-state index in [0.29, 0.717) is 29.6 Å². The van der Waals surface area contributed by atoms with Gasteiger partial charge in [0.05, 0.1) is 18.6 Å². The van der Waals surface area contributed by atoms with Crippen molar-refractivity contribution in [3.63, 3.8) is 0 Å². The van der Waals surface area contributed by atoms with Gasteiger partial charge in [0, 0.05) is 39.8 Å². The van der Waals surface area contributed by atoms with Gasteiger partial charge in [-0.05, 0) is 54.7 Å². The second-order valence-electron chi connectivity index (χ2n) is 9.82. The number of benzene rings is 2. The number of oxazole rings is 1. The molecule has 0 spiro atoms. The Bertz CT molecular complexity index is 1280. The molecule has 1 N–H and O–H groups in total. The zero-order chi connectivity index (χ0) is 25.9. The molecule has 0 atom stereocenters. The van der Waals surface area contributed by atoms with E-state index in [4.69, 9.17) is 13.9 Å². The maximum atomic E-state index is 12.4. The molecule has 1 aliphatic rings. The molecule has 4 rings (SSSR count). The topological polar surface area (TPSA) is 97.1 Å². The molecule has 3 aromatic rings. The van der Waals surface area contributed by atoms with Crippen LogP contribution >= 0.6 is 0 Å². The monoisotopic (exact) mass is 516 g/mol. The number of nitrogens with zero attached hydrogens (tertiary/aromatic N) is 3. The molecule has 196 valence electrons. The summed E-state index contributed by atoms with van der Waals surface area (Å²) in [6.07, 6.45) is 1.90. The highest BCUT2D eigenvalue weighted by Crippen LogP contribution is 2.30. The van der Waals surface area contributed by atoms with Crippen molar-refractivity contribution in [2.45, 2.75) is 44.2 Å². The fraction of sp³-hybridized carbons (Fsp3) is 0.500. The van der Waals surface area contributed by atoms with Crippen molar-refractivity contribution in [2.75, 3.05) is 46.2 Å². The van der Waals surface area contributed by atoms with Gasteiger partial charge in [0.25, 0.3) is 6.01 Å². The van der Waals surface area contributed by atoms with Gasteiger partial charge in [-0.2, -0.15) is 4.98 Å². The minimum Gasteiger partial charge on any atom is -0.493 e. The van der Waals surface area contributed by atoms with E-state index >= 15 is 0 Å². The molecule has 0 radical (unpaired) electrons. The fourth-order valence-corrected chi connectivity index (χ4v) is 5.12. The molecule has 9 nitrogen and oxygen atoms in total. The van der Waals surface area contributed by atoms with Gasteiger partial charge in [0.2, 0.25) is 10.0 Å². The Labute approximate surface area is 213 Å². The number of piperidine rings is 1. The van der Waals surface area contributed by atoms with E-state index in [9.17, 15) is 8.42 Å². The van der Waals surface area contributed by atoms with Crippen LogP contribution in [0.3, 0.4) is 0 Å². The predicted molar refractivity (Wildman–Crippen MR) is 140 cm³/mol. The number of hydrogen-bond acceptors (Lipinski definition) is 8. The van der Waals surface area contributed by atoms with Gasteiger partial charge in [-0.1, -0.05) is 19.9 Å². The maximum Gasteiger partial charge on any atom is 0.295 e. The normalized spacial score (nSPS) is 15.6. The summed E-state index contributed by atoms with van der Waals surface area (Å²) < 4.78 is 43.2. The van der Waals surface area contributed by atoms with Crippen molar-refractivity contribution in [2.24, 2.45) is 5.92 Å². The lowest BCUT2D eigenvalue weighted by Gasteiger charge is -2.32. The highest BCUT2D eigenvalue weighted by atomic mass is 32.2. The molecular formula is C26H36N4O5S. The van der Waals surface area contributed by atoms with Gasteiger partial charge in [-0.3, -0.25) is 4.90 Å². The van der Waals surface area contributed by atoms with E-state index in [1.807, 2.05) is 6.07 Å². The zero-order valence-electron chi connectivity index (χ0n) is 21.7. The fourth-order valence-electron chi connectivity index (χ4n) is 4.20. The number of rotatable bonds is 10. The van der Waals surface area contributed by atoms with Crippen molar-refractivity contribution in [1.29, 1.82) is 0 Å². The smallest absolute Gasteiger partial charge is 0.295 e. The zero-order valence-corrected chi connectivity index (χ0v) is 22.5. The number of ether oxygens (including phenoxy) is 2. The van der Waals surface area contributed by atoms with E-state index in [-0.39, 0.29) is 10.9 Å². The van der Waals surface area contributed by atoms with E-state index in [1.54, 1.807) is 25.3 Å². The largest absolute Gasteiger partial charge is 0.493 e. The quantitative estimate of drug-likeness (QED) is 0.428. The first-order chi connectivity index (χ1) is 17.2. The van der Waals surface area contributed by atoms with Gasteiger partial charge in [0.15, 0.2) is 17.1 Å². The van der Waals surface area contributed by atoms with Crippen molar-refractivity contribution >= 4 is 27.1 Å². The van der Waals surface area contributed by atoms with Crippen LogP contribution in [0.4, 0.5) is 6.01 Å². The molecule has 0 bridgehead atoms. The lowest BCUT2D eigenvalue weighted by molar-refractivity contribution is 0.209. The predicted octanol–water partition coefficient (Wildman–Crippen LogP) is 4.20. The van der Waals surface area contributed by atoms with Crippen LogP contribution < -0.4 is 14.8 Å². The Morgan fingerprint density at radius 1 is 1.14 bits per heavy atom. The number of fused-ring (bicyclic) bond motifs is 1. The molecule has 0 saturated carbocycles. The number of sulfonamides is 1. The number of likely N-dealkylation sites (tertiary alicyclic amines) is 1. The summed E-state index contributed by atoms with van der Waals surface area (Å²) in [5.41, 5.74) is 2.28. The third-order valence-corrected chi connectivity index (χ3v) is 8.07. The lowest BCUT2D eigenvalue weighted by Crippen LogP contribution is -2.38. The van der Waals surface area contributed by atoms with Crippen LogP contribution in [0.15, 0.2) is 45.7 Å². The molecule has 0 aliphatic carbocycles.